The molecule has 2 aliphatic heterocycles. The largest absolute Gasteiger partial charge is 0.341 e. The van der Waals surface area contributed by atoms with Crippen LogP contribution in [0.4, 0.5) is 4.79 Å². The Morgan fingerprint density at radius 2 is 1.71 bits per heavy atom. The number of hydrogen-bond donors (Lipinski definition) is 3. The van der Waals surface area contributed by atoms with Crippen molar-refractivity contribution in [1.29, 1.82) is 0 Å². The molecule has 152 valence electrons. The van der Waals surface area contributed by atoms with Gasteiger partial charge in [0, 0.05) is 26.2 Å². The lowest BCUT2D eigenvalue weighted by molar-refractivity contribution is -0.140. The van der Waals surface area contributed by atoms with E-state index in [-0.39, 0.29) is 11.9 Å². The molecule has 2 heterocycles. The van der Waals surface area contributed by atoms with E-state index >= 15 is 0 Å². The molecule has 0 unspecified atom stereocenters. The first-order valence-electron chi connectivity index (χ1n) is 10.7. The Kier molecular flexibility index (Phi) is 5.58. The lowest BCUT2D eigenvalue weighted by atomic mass is 9.77. The van der Waals surface area contributed by atoms with Crippen molar-refractivity contribution in [2.75, 3.05) is 26.2 Å². The summed E-state index contributed by atoms with van der Waals surface area (Å²) in [7, 11) is 0. The van der Waals surface area contributed by atoms with Crippen molar-refractivity contribution in [3.63, 3.8) is 0 Å². The fourth-order valence-corrected chi connectivity index (χ4v) is 5.12. The Hall–Kier alpha value is -2.08. The zero-order chi connectivity index (χ0) is 19.5. The number of urea groups is 1. The molecule has 4 rings (SSSR count). The number of rotatable bonds is 4. The fourth-order valence-electron chi connectivity index (χ4n) is 5.12. The van der Waals surface area contributed by atoms with E-state index < -0.39 is 5.54 Å². The molecule has 1 spiro atoms. The number of carbonyl (C=O) groups excluding carboxylic acids is 2. The van der Waals surface area contributed by atoms with E-state index in [0.29, 0.717) is 12.0 Å². The quantitative estimate of drug-likeness (QED) is 0.746. The van der Waals surface area contributed by atoms with Crippen LogP contribution >= 0.6 is 0 Å². The molecular formula is C22H32N4O2. The van der Waals surface area contributed by atoms with E-state index in [0.717, 1.165) is 70.3 Å². The van der Waals surface area contributed by atoms with Crippen LogP contribution in [0.25, 0.3) is 0 Å². The van der Waals surface area contributed by atoms with Crippen molar-refractivity contribution in [1.82, 2.24) is 20.9 Å². The molecule has 0 bridgehead atoms. The minimum Gasteiger partial charge on any atom is -0.341 e. The van der Waals surface area contributed by atoms with Crippen molar-refractivity contribution in [2.45, 2.75) is 57.0 Å². The number of nitrogens with one attached hydrogen (secondary N) is 3. The van der Waals surface area contributed by atoms with Crippen molar-refractivity contribution >= 4 is 11.9 Å². The van der Waals surface area contributed by atoms with Gasteiger partial charge in [0.2, 0.25) is 5.91 Å². The molecule has 0 radical (unpaired) electrons. The van der Waals surface area contributed by atoms with E-state index in [1.165, 1.54) is 6.42 Å². The second-order valence-corrected chi connectivity index (χ2v) is 8.80. The molecule has 0 atom stereocenters. The number of carbonyl (C=O) groups is 2. The van der Waals surface area contributed by atoms with Gasteiger partial charge in [0.1, 0.15) is 5.54 Å². The number of nitrogens with zero attached hydrogens (tertiary/aromatic N) is 1. The highest BCUT2D eigenvalue weighted by molar-refractivity contribution is 5.91. The maximum Gasteiger partial charge on any atom is 0.315 e. The summed E-state index contributed by atoms with van der Waals surface area (Å²) in [6.45, 7) is 4.28. The number of piperidine rings is 1. The van der Waals surface area contributed by atoms with Crippen molar-refractivity contribution in [3.05, 3.63) is 35.9 Å². The summed E-state index contributed by atoms with van der Waals surface area (Å²) in [5.41, 5.74) is 0.718. The Morgan fingerprint density at radius 3 is 2.36 bits per heavy atom. The smallest absolute Gasteiger partial charge is 0.315 e. The van der Waals surface area contributed by atoms with E-state index in [1.54, 1.807) is 0 Å². The normalized spacial score (nSPS) is 22.9. The molecule has 1 aliphatic carbocycles. The van der Waals surface area contributed by atoms with Crippen LogP contribution in [0.3, 0.4) is 0 Å². The summed E-state index contributed by atoms with van der Waals surface area (Å²) < 4.78 is 0. The molecule has 3 fully saturated rings. The van der Waals surface area contributed by atoms with Crippen LogP contribution in [0, 0.1) is 5.41 Å². The third kappa shape index (κ3) is 4.02. The SMILES string of the molecule is O=C(NCc1ccccc1)NC1(C(=O)N2CCC3(CCNC3)CC2)CCCC1. The van der Waals surface area contributed by atoms with Crippen LogP contribution in [0.5, 0.6) is 0 Å². The summed E-state index contributed by atoms with van der Waals surface area (Å²) in [6.07, 6.45) is 6.84. The van der Waals surface area contributed by atoms with Gasteiger partial charge < -0.3 is 20.9 Å². The number of benzene rings is 1. The number of amides is 3. The van der Waals surface area contributed by atoms with Gasteiger partial charge in [-0.3, -0.25) is 4.79 Å². The van der Waals surface area contributed by atoms with Crippen molar-refractivity contribution in [2.24, 2.45) is 5.41 Å². The van der Waals surface area contributed by atoms with Crippen molar-refractivity contribution in [3.8, 4) is 0 Å². The van der Waals surface area contributed by atoms with Gasteiger partial charge in [-0.2, -0.15) is 0 Å². The van der Waals surface area contributed by atoms with Crippen LogP contribution in [0.1, 0.15) is 50.5 Å². The maximum atomic E-state index is 13.4. The van der Waals surface area contributed by atoms with Gasteiger partial charge in [-0.1, -0.05) is 43.2 Å². The Bertz CT molecular complexity index is 684. The van der Waals surface area contributed by atoms with Gasteiger partial charge in [0.05, 0.1) is 0 Å². The molecule has 1 aromatic rings. The number of likely N-dealkylation sites (tertiary alicyclic amines) is 1. The van der Waals surface area contributed by atoms with E-state index in [1.807, 2.05) is 35.2 Å². The molecule has 0 aromatic heterocycles. The molecule has 28 heavy (non-hydrogen) atoms. The second-order valence-electron chi connectivity index (χ2n) is 8.80. The first-order chi connectivity index (χ1) is 13.6. The molecular weight excluding hydrogens is 352 g/mol. The van der Waals surface area contributed by atoms with Crippen LogP contribution in [-0.4, -0.2) is 48.6 Å². The highest BCUT2D eigenvalue weighted by atomic mass is 16.2. The summed E-state index contributed by atoms with van der Waals surface area (Å²) in [4.78, 5) is 28.0. The monoisotopic (exact) mass is 384 g/mol. The van der Waals surface area contributed by atoms with Gasteiger partial charge in [0.25, 0.3) is 0 Å². The van der Waals surface area contributed by atoms with E-state index in [4.69, 9.17) is 0 Å². The number of hydrogen-bond acceptors (Lipinski definition) is 3. The summed E-state index contributed by atoms with van der Waals surface area (Å²) >= 11 is 0. The molecule has 3 amide bonds. The lowest BCUT2D eigenvalue weighted by Crippen LogP contribution is -2.61. The van der Waals surface area contributed by atoms with Crippen LogP contribution < -0.4 is 16.0 Å². The third-order valence-electron chi connectivity index (χ3n) is 6.96. The zero-order valence-electron chi connectivity index (χ0n) is 16.6. The molecule has 1 aromatic carbocycles. The summed E-state index contributed by atoms with van der Waals surface area (Å²) in [6, 6.07) is 9.60. The average Bonchev–Trinajstić information content (AvgIpc) is 3.38. The maximum absolute atomic E-state index is 13.4. The molecule has 2 saturated heterocycles. The molecule has 6 nitrogen and oxygen atoms in total. The van der Waals surface area contributed by atoms with Gasteiger partial charge >= 0.3 is 6.03 Å². The molecule has 1 saturated carbocycles. The van der Waals surface area contributed by atoms with E-state index in [9.17, 15) is 9.59 Å². The summed E-state index contributed by atoms with van der Waals surface area (Å²) in [5, 5.41) is 9.46. The highest BCUT2D eigenvalue weighted by Gasteiger charge is 2.47. The first-order valence-corrected chi connectivity index (χ1v) is 10.7. The Morgan fingerprint density at radius 1 is 1.00 bits per heavy atom. The van der Waals surface area contributed by atoms with Crippen LogP contribution in [0.15, 0.2) is 30.3 Å². The third-order valence-corrected chi connectivity index (χ3v) is 6.96. The van der Waals surface area contributed by atoms with Gasteiger partial charge in [0.15, 0.2) is 0 Å². The average molecular weight is 385 g/mol. The van der Waals surface area contributed by atoms with E-state index in [2.05, 4.69) is 16.0 Å². The highest BCUT2D eigenvalue weighted by Crippen LogP contribution is 2.39. The topological polar surface area (TPSA) is 73.5 Å². The minimum atomic E-state index is -0.723. The van der Waals surface area contributed by atoms with Gasteiger partial charge in [-0.05, 0) is 49.6 Å². The first kappa shape index (κ1) is 19.2. The molecule has 3 aliphatic rings. The fraction of sp³-hybridized carbons (Fsp3) is 0.636. The molecule has 6 heteroatoms. The Balaban J connectivity index is 1.35. The zero-order valence-corrected chi connectivity index (χ0v) is 16.6. The van der Waals surface area contributed by atoms with Crippen molar-refractivity contribution < 1.29 is 9.59 Å². The Labute approximate surface area is 167 Å². The van der Waals surface area contributed by atoms with Crippen LogP contribution in [0.2, 0.25) is 0 Å². The second kappa shape index (κ2) is 8.11. The lowest BCUT2D eigenvalue weighted by Gasteiger charge is -2.42. The predicted octanol–water partition coefficient (Wildman–Crippen LogP) is 2.40. The standard InChI is InChI=1S/C22H32N4O2/c27-19(26-14-11-21(12-15-26)10-13-23-17-21)22(8-4-5-9-22)25-20(28)24-16-18-6-2-1-3-7-18/h1-3,6-7,23H,4-5,8-17H2,(H2,24,25,28). The molecule has 3 N–H and O–H groups in total. The predicted molar refractivity (Wildman–Crippen MR) is 109 cm³/mol. The van der Waals surface area contributed by atoms with Crippen LogP contribution in [-0.2, 0) is 11.3 Å². The summed E-state index contributed by atoms with van der Waals surface area (Å²) in [5.74, 6) is 0.126. The minimum absolute atomic E-state index is 0.126. The van der Waals surface area contributed by atoms with Gasteiger partial charge in [-0.25, -0.2) is 4.79 Å². The van der Waals surface area contributed by atoms with Gasteiger partial charge in [-0.15, -0.1) is 0 Å².